The van der Waals surface area contributed by atoms with E-state index in [0.717, 1.165) is 78.8 Å². The Morgan fingerprint density at radius 3 is 1.90 bits per heavy atom. The molecule has 0 amide bonds. The molecule has 0 spiro atoms. The Balaban J connectivity index is 2.26. The minimum absolute atomic E-state index is 0.705. The summed E-state index contributed by atoms with van der Waals surface area (Å²) >= 11 is 1.72. The fourth-order valence-corrected chi connectivity index (χ4v) is 4.18. The van der Waals surface area contributed by atoms with E-state index in [1.807, 2.05) is 0 Å². The summed E-state index contributed by atoms with van der Waals surface area (Å²) in [4.78, 5) is 26.4. The average Bonchev–Trinajstić information content (AvgIpc) is 2.76. The van der Waals surface area contributed by atoms with Crippen LogP contribution in [0.4, 0.5) is 17.7 Å². The van der Waals surface area contributed by atoms with Gasteiger partial charge in [-0.2, -0.15) is 4.98 Å². The highest BCUT2D eigenvalue weighted by Gasteiger charge is 2.23. The molecule has 0 aromatic carbocycles. The zero-order valence-electron chi connectivity index (χ0n) is 18.3. The van der Waals surface area contributed by atoms with Crippen molar-refractivity contribution in [1.82, 2.24) is 19.9 Å². The van der Waals surface area contributed by atoms with Crippen LogP contribution >= 0.6 is 11.8 Å². The van der Waals surface area contributed by atoms with Gasteiger partial charge in [-0.3, -0.25) is 0 Å². The molecule has 0 bridgehead atoms. The summed E-state index contributed by atoms with van der Waals surface area (Å²) in [5, 5.41) is 0.935. The number of hydrogen-bond donors (Lipinski definition) is 0. The second-order valence-corrected chi connectivity index (χ2v) is 8.00. The molecule has 2 aromatic rings. The number of rotatable bonds is 9. The van der Waals surface area contributed by atoms with Crippen molar-refractivity contribution < 1.29 is 4.74 Å². The minimum atomic E-state index is 0.705. The lowest BCUT2D eigenvalue weighted by Crippen LogP contribution is -2.37. The molecule has 1 fully saturated rings. The lowest BCUT2D eigenvalue weighted by Gasteiger charge is -2.30. The minimum Gasteiger partial charge on any atom is -0.378 e. The predicted octanol–water partition coefficient (Wildman–Crippen LogP) is 3.06. The quantitative estimate of drug-likeness (QED) is 0.450. The Kier molecular flexibility index (Phi) is 7.71. The molecule has 1 aliphatic heterocycles. The molecule has 8 nitrogen and oxygen atoms in total. The summed E-state index contributed by atoms with van der Waals surface area (Å²) in [6, 6.07) is 0. The summed E-state index contributed by atoms with van der Waals surface area (Å²) in [7, 11) is 0. The third kappa shape index (κ3) is 4.66. The highest BCUT2D eigenvalue weighted by Crippen LogP contribution is 2.33. The van der Waals surface area contributed by atoms with Crippen LogP contribution in [0.5, 0.6) is 0 Å². The zero-order valence-corrected chi connectivity index (χ0v) is 19.1. The van der Waals surface area contributed by atoms with E-state index in [1.165, 1.54) is 0 Å². The van der Waals surface area contributed by atoms with Crippen molar-refractivity contribution in [2.45, 2.75) is 39.6 Å². The molecule has 0 atom stereocenters. The fourth-order valence-electron chi connectivity index (χ4n) is 3.48. The molecule has 0 unspecified atom stereocenters. The predicted molar refractivity (Wildman–Crippen MR) is 122 cm³/mol. The SMILES string of the molecule is CCSc1nc(N(CC)CC)nc2c(N3CCOCC3)nc(N(CC)CC)nc12. The zero-order chi connectivity index (χ0) is 20.8. The Hall–Kier alpha value is -1.87. The number of fused-ring (bicyclic) bond motifs is 1. The van der Waals surface area contributed by atoms with Gasteiger partial charge in [0.15, 0.2) is 5.82 Å². The largest absolute Gasteiger partial charge is 0.378 e. The number of thioether (sulfide) groups is 1. The summed E-state index contributed by atoms with van der Waals surface area (Å²) in [6.45, 7) is 17.2. The first kappa shape index (κ1) is 21.8. The van der Waals surface area contributed by atoms with Crippen molar-refractivity contribution in [1.29, 1.82) is 0 Å². The lowest BCUT2D eigenvalue weighted by atomic mass is 10.3. The molecule has 9 heteroatoms. The molecule has 29 heavy (non-hydrogen) atoms. The molecule has 3 rings (SSSR count). The van der Waals surface area contributed by atoms with E-state index in [-0.39, 0.29) is 0 Å². The molecular formula is C20H33N7OS. The number of ether oxygens (including phenoxy) is 1. The van der Waals surface area contributed by atoms with E-state index >= 15 is 0 Å². The molecule has 0 N–H and O–H groups in total. The maximum Gasteiger partial charge on any atom is 0.228 e. The molecule has 0 radical (unpaired) electrons. The van der Waals surface area contributed by atoms with Gasteiger partial charge in [0.25, 0.3) is 0 Å². The van der Waals surface area contributed by atoms with Crippen LogP contribution in [0.2, 0.25) is 0 Å². The number of nitrogens with zero attached hydrogens (tertiary/aromatic N) is 7. The molecule has 160 valence electrons. The number of aromatic nitrogens is 4. The van der Waals surface area contributed by atoms with Crippen LogP contribution in [-0.4, -0.2) is 78.2 Å². The van der Waals surface area contributed by atoms with Gasteiger partial charge in [0.05, 0.1) is 13.2 Å². The molecule has 1 saturated heterocycles. The van der Waals surface area contributed by atoms with Gasteiger partial charge in [0.1, 0.15) is 16.1 Å². The third-order valence-corrected chi connectivity index (χ3v) is 6.00. The van der Waals surface area contributed by atoms with Crippen molar-refractivity contribution in [3.63, 3.8) is 0 Å². The van der Waals surface area contributed by atoms with Crippen molar-refractivity contribution in [3.05, 3.63) is 0 Å². The Morgan fingerprint density at radius 2 is 1.34 bits per heavy atom. The van der Waals surface area contributed by atoms with E-state index in [9.17, 15) is 0 Å². The average molecular weight is 420 g/mol. The van der Waals surface area contributed by atoms with Gasteiger partial charge in [0, 0.05) is 39.3 Å². The van der Waals surface area contributed by atoms with Gasteiger partial charge in [-0.05, 0) is 33.4 Å². The van der Waals surface area contributed by atoms with Crippen LogP contribution in [0.3, 0.4) is 0 Å². The lowest BCUT2D eigenvalue weighted by molar-refractivity contribution is 0.122. The van der Waals surface area contributed by atoms with Crippen LogP contribution in [0.25, 0.3) is 11.0 Å². The van der Waals surface area contributed by atoms with Crippen molar-refractivity contribution in [3.8, 4) is 0 Å². The fraction of sp³-hybridized carbons (Fsp3) is 0.700. The molecular weight excluding hydrogens is 386 g/mol. The smallest absolute Gasteiger partial charge is 0.228 e. The second kappa shape index (κ2) is 10.2. The molecule has 0 aliphatic carbocycles. The highest BCUT2D eigenvalue weighted by atomic mass is 32.2. The maximum absolute atomic E-state index is 5.57. The summed E-state index contributed by atoms with van der Waals surface area (Å²) in [6.07, 6.45) is 0. The van der Waals surface area contributed by atoms with Crippen LogP contribution in [0, 0.1) is 0 Å². The van der Waals surface area contributed by atoms with E-state index in [0.29, 0.717) is 13.2 Å². The van der Waals surface area contributed by atoms with Gasteiger partial charge in [-0.1, -0.05) is 6.92 Å². The maximum atomic E-state index is 5.57. The normalized spacial score (nSPS) is 14.4. The number of hydrogen-bond acceptors (Lipinski definition) is 9. The molecule has 3 heterocycles. The monoisotopic (exact) mass is 419 g/mol. The van der Waals surface area contributed by atoms with Crippen molar-refractivity contribution >= 4 is 40.5 Å². The number of morpholine rings is 1. The van der Waals surface area contributed by atoms with Gasteiger partial charge in [-0.25, -0.2) is 15.0 Å². The van der Waals surface area contributed by atoms with Crippen LogP contribution in [0.15, 0.2) is 5.03 Å². The van der Waals surface area contributed by atoms with Crippen LogP contribution in [-0.2, 0) is 4.74 Å². The molecule has 2 aromatic heterocycles. The topological polar surface area (TPSA) is 70.5 Å². The molecule has 1 aliphatic rings. The Bertz CT molecular complexity index is 805. The second-order valence-electron chi connectivity index (χ2n) is 6.75. The van der Waals surface area contributed by atoms with Crippen LogP contribution < -0.4 is 14.7 Å². The first-order chi connectivity index (χ1) is 14.2. The van der Waals surface area contributed by atoms with E-state index < -0.39 is 0 Å². The van der Waals surface area contributed by atoms with E-state index in [4.69, 9.17) is 24.7 Å². The van der Waals surface area contributed by atoms with E-state index in [1.54, 1.807) is 11.8 Å². The van der Waals surface area contributed by atoms with Crippen LogP contribution in [0.1, 0.15) is 34.6 Å². The van der Waals surface area contributed by atoms with Gasteiger partial charge >= 0.3 is 0 Å². The molecule has 0 saturated carbocycles. The third-order valence-electron chi connectivity index (χ3n) is 5.15. The summed E-state index contributed by atoms with van der Waals surface area (Å²) < 4.78 is 5.57. The van der Waals surface area contributed by atoms with Crippen molar-refractivity contribution in [2.75, 3.05) is 72.9 Å². The standard InChI is InChI=1S/C20H33N7OS/c1-6-25(7-2)19-22-16-15(17(23-19)27-11-13-28-14-12-27)21-20(26(8-3)9-4)24-18(16)29-10-5/h6-14H2,1-5H3. The summed E-state index contributed by atoms with van der Waals surface area (Å²) in [5.74, 6) is 3.34. The van der Waals surface area contributed by atoms with Gasteiger partial charge in [0.2, 0.25) is 11.9 Å². The Labute approximate surface area is 178 Å². The number of anilines is 3. The van der Waals surface area contributed by atoms with Crippen molar-refractivity contribution in [2.24, 2.45) is 0 Å². The highest BCUT2D eigenvalue weighted by molar-refractivity contribution is 7.99. The first-order valence-corrected chi connectivity index (χ1v) is 11.7. The van der Waals surface area contributed by atoms with Gasteiger partial charge in [-0.15, -0.1) is 11.8 Å². The Morgan fingerprint density at radius 1 is 0.793 bits per heavy atom. The van der Waals surface area contributed by atoms with Gasteiger partial charge < -0.3 is 19.4 Å². The first-order valence-electron chi connectivity index (χ1n) is 10.7. The summed E-state index contributed by atoms with van der Waals surface area (Å²) in [5.41, 5.74) is 1.70. The van der Waals surface area contributed by atoms with E-state index in [2.05, 4.69) is 49.3 Å².